The highest BCUT2D eigenvalue weighted by Crippen LogP contribution is 2.23. The van der Waals surface area contributed by atoms with Crippen molar-refractivity contribution in [1.29, 1.82) is 0 Å². The second-order valence-corrected chi connectivity index (χ2v) is 7.40. The molecule has 2 N–H and O–H groups in total. The largest absolute Gasteiger partial charge is 0.349 e. The van der Waals surface area contributed by atoms with E-state index < -0.39 is 0 Å². The van der Waals surface area contributed by atoms with E-state index >= 15 is 0 Å². The van der Waals surface area contributed by atoms with Gasteiger partial charge >= 0.3 is 0 Å². The van der Waals surface area contributed by atoms with Gasteiger partial charge in [-0.1, -0.05) is 31.5 Å². The number of nitrogens with one attached hydrogen (secondary N) is 2. The molecule has 2 atom stereocenters. The SMILES string of the molecule is Cc1ccc(-n2ncc(C(=O)NC3CCNC(C)C3)c2C(C)C)cc1.Cl. The Bertz CT molecular complexity index is 739. The minimum Gasteiger partial charge on any atom is -0.349 e. The van der Waals surface area contributed by atoms with Crippen molar-refractivity contribution in [2.75, 3.05) is 6.54 Å². The van der Waals surface area contributed by atoms with Crippen LogP contribution in [0, 0.1) is 6.92 Å². The number of rotatable bonds is 4. The van der Waals surface area contributed by atoms with Crippen LogP contribution in [0.15, 0.2) is 30.5 Å². The lowest BCUT2D eigenvalue weighted by molar-refractivity contribution is 0.0924. The Kier molecular flexibility index (Phi) is 6.84. The molecular weight excluding hydrogens is 348 g/mol. The maximum Gasteiger partial charge on any atom is 0.255 e. The first kappa shape index (κ1) is 20.5. The average molecular weight is 377 g/mol. The van der Waals surface area contributed by atoms with Crippen LogP contribution in [-0.4, -0.2) is 34.3 Å². The molecule has 1 saturated heterocycles. The van der Waals surface area contributed by atoms with Crippen LogP contribution in [0.2, 0.25) is 0 Å². The van der Waals surface area contributed by atoms with Gasteiger partial charge in [0.05, 0.1) is 23.1 Å². The van der Waals surface area contributed by atoms with E-state index in [0.29, 0.717) is 11.6 Å². The van der Waals surface area contributed by atoms with Gasteiger partial charge in [-0.2, -0.15) is 5.10 Å². The zero-order valence-electron chi connectivity index (χ0n) is 16.0. The van der Waals surface area contributed by atoms with E-state index in [4.69, 9.17) is 0 Å². The van der Waals surface area contributed by atoms with Crippen molar-refractivity contribution < 1.29 is 4.79 Å². The Morgan fingerprint density at radius 2 is 2.00 bits per heavy atom. The van der Waals surface area contributed by atoms with Crippen LogP contribution in [0.5, 0.6) is 0 Å². The van der Waals surface area contributed by atoms with Crippen LogP contribution < -0.4 is 10.6 Å². The summed E-state index contributed by atoms with van der Waals surface area (Å²) in [4.78, 5) is 12.9. The van der Waals surface area contributed by atoms with Crippen LogP contribution in [0.25, 0.3) is 5.69 Å². The summed E-state index contributed by atoms with van der Waals surface area (Å²) in [5.41, 5.74) is 3.84. The number of carbonyl (C=O) groups is 1. The Morgan fingerprint density at radius 1 is 1.31 bits per heavy atom. The number of amides is 1. The average Bonchev–Trinajstić information content (AvgIpc) is 3.01. The smallest absolute Gasteiger partial charge is 0.255 e. The molecule has 6 heteroatoms. The van der Waals surface area contributed by atoms with E-state index in [9.17, 15) is 4.79 Å². The highest BCUT2D eigenvalue weighted by atomic mass is 35.5. The third-order valence-electron chi connectivity index (χ3n) is 4.84. The molecule has 5 nitrogen and oxygen atoms in total. The molecule has 0 spiro atoms. The van der Waals surface area contributed by atoms with Gasteiger partial charge in [0.25, 0.3) is 5.91 Å². The van der Waals surface area contributed by atoms with Crippen molar-refractivity contribution >= 4 is 18.3 Å². The number of nitrogens with zero attached hydrogens (tertiary/aromatic N) is 2. The van der Waals surface area contributed by atoms with E-state index in [-0.39, 0.29) is 30.3 Å². The molecular formula is C20H29ClN4O. The fraction of sp³-hybridized carbons (Fsp3) is 0.500. The molecule has 2 heterocycles. The molecule has 1 aromatic heterocycles. The summed E-state index contributed by atoms with van der Waals surface area (Å²) in [7, 11) is 0. The van der Waals surface area contributed by atoms with Crippen molar-refractivity contribution in [3.63, 3.8) is 0 Å². The molecule has 0 bridgehead atoms. The molecule has 2 aromatic rings. The van der Waals surface area contributed by atoms with Crippen LogP contribution in [0.4, 0.5) is 0 Å². The lowest BCUT2D eigenvalue weighted by Gasteiger charge is -2.28. The number of piperidine rings is 1. The summed E-state index contributed by atoms with van der Waals surface area (Å²) < 4.78 is 1.89. The quantitative estimate of drug-likeness (QED) is 0.857. The Hall–Kier alpha value is -1.85. The molecule has 26 heavy (non-hydrogen) atoms. The summed E-state index contributed by atoms with van der Waals surface area (Å²) in [6.07, 6.45) is 3.64. The fourth-order valence-corrected chi connectivity index (χ4v) is 3.51. The maximum absolute atomic E-state index is 12.9. The number of hydrogen-bond acceptors (Lipinski definition) is 3. The molecule has 1 fully saturated rings. The molecule has 0 radical (unpaired) electrons. The van der Waals surface area contributed by atoms with Crippen LogP contribution >= 0.6 is 12.4 Å². The first-order valence-electron chi connectivity index (χ1n) is 9.15. The molecule has 1 amide bonds. The van der Waals surface area contributed by atoms with Gasteiger partial charge in [0, 0.05) is 12.1 Å². The monoisotopic (exact) mass is 376 g/mol. The van der Waals surface area contributed by atoms with E-state index in [1.54, 1.807) is 6.20 Å². The predicted octanol–water partition coefficient (Wildman–Crippen LogP) is 3.60. The number of halogens is 1. The highest BCUT2D eigenvalue weighted by Gasteiger charge is 2.25. The van der Waals surface area contributed by atoms with E-state index in [1.807, 2.05) is 16.8 Å². The second kappa shape index (κ2) is 8.69. The van der Waals surface area contributed by atoms with Crippen molar-refractivity contribution in [3.05, 3.63) is 47.3 Å². The number of aromatic nitrogens is 2. The molecule has 1 aromatic carbocycles. The maximum atomic E-state index is 12.9. The molecule has 0 saturated carbocycles. The first-order chi connectivity index (χ1) is 12.0. The minimum atomic E-state index is -0.0128. The summed E-state index contributed by atoms with van der Waals surface area (Å²) >= 11 is 0. The van der Waals surface area contributed by atoms with Gasteiger partial charge in [-0.3, -0.25) is 4.79 Å². The third-order valence-corrected chi connectivity index (χ3v) is 4.84. The highest BCUT2D eigenvalue weighted by molar-refractivity contribution is 5.95. The van der Waals surface area contributed by atoms with E-state index in [2.05, 4.69) is 55.6 Å². The van der Waals surface area contributed by atoms with Crippen molar-refractivity contribution in [1.82, 2.24) is 20.4 Å². The zero-order chi connectivity index (χ0) is 18.0. The van der Waals surface area contributed by atoms with Crippen LogP contribution in [-0.2, 0) is 0 Å². The summed E-state index contributed by atoms with van der Waals surface area (Å²) in [6, 6.07) is 8.90. The standard InChI is InChI=1S/C20H28N4O.ClH/c1-13(2)19-18(20(25)23-16-9-10-21-15(4)11-16)12-22-24(19)17-7-5-14(3)6-8-17;/h5-8,12-13,15-16,21H,9-11H2,1-4H3,(H,23,25);1H. The molecule has 1 aliphatic rings. The van der Waals surface area contributed by atoms with Crippen molar-refractivity contribution in [3.8, 4) is 5.69 Å². The fourth-order valence-electron chi connectivity index (χ4n) is 3.51. The predicted molar refractivity (Wildman–Crippen MR) is 108 cm³/mol. The topological polar surface area (TPSA) is 59.0 Å². The van der Waals surface area contributed by atoms with E-state index in [1.165, 1.54) is 5.56 Å². The number of hydrogen-bond donors (Lipinski definition) is 2. The number of aryl methyl sites for hydroxylation is 1. The Labute approximate surface area is 162 Å². The molecule has 3 rings (SSSR count). The minimum absolute atomic E-state index is 0. The second-order valence-electron chi connectivity index (χ2n) is 7.40. The molecule has 2 unspecified atom stereocenters. The lowest BCUT2D eigenvalue weighted by atomic mass is 9.99. The van der Waals surface area contributed by atoms with Crippen molar-refractivity contribution in [2.45, 2.75) is 58.5 Å². The van der Waals surface area contributed by atoms with Crippen LogP contribution in [0.3, 0.4) is 0 Å². The van der Waals surface area contributed by atoms with Gasteiger partial charge in [0.15, 0.2) is 0 Å². The van der Waals surface area contributed by atoms with Gasteiger partial charge in [-0.25, -0.2) is 4.68 Å². The third kappa shape index (κ3) is 4.46. The van der Waals surface area contributed by atoms with Gasteiger partial charge < -0.3 is 10.6 Å². The van der Waals surface area contributed by atoms with Gasteiger partial charge in [-0.15, -0.1) is 12.4 Å². The Morgan fingerprint density at radius 3 is 2.62 bits per heavy atom. The van der Waals surface area contributed by atoms with Crippen molar-refractivity contribution in [2.24, 2.45) is 0 Å². The van der Waals surface area contributed by atoms with Gasteiger partial charge in [0.2, 0.25) is 0 Å². The number of benzene rings is 1. The normalized spacial score (nSPS) is 19.9. The zero-order valence-corrected chi connectivity index (χ0v) is 16.8. The molecule has 0 aliphatic carbocycles. The lowest BCUT2D eigenvalue weighted by Crippen LogP contribution is -2.46. The Balaban J connectivity index is 0.00000243. The van der Waals surface area contributed by atoms with Gasteiger partial charge in [-0.05, 0) is 51.3 Å². The molecule has 142 valence electrons. The van der Waals surface area contributed by atoms with Gasteiger partial charge in [0.1, 0.15) is 0 Å². The number of carbonyl (C=O) groups excluding carboxylic acids is 1. The molecule has 1 aliphatic heterocycles. The van der Waals surface area contributed by atoms with E-state index in [0.717, 1.165) is 30.8 Å². The summed E-state index contributed by atoms with van der Waals surface area (Å²) in [6.45, 7) is 9.38. The first-order valence-corrected chi connectivity index (χ1v) is 9.15. The summed E-state index contributed by atoms with van der Waals surface area (Å²) in [5.74, 6) is 0.192. The summed E-state index contributed by atoms with van der Waals surface area (Å²) in [5, 5.41) is 11.1. The van der Waals surface area contributed by atoms with Crippen LogP contribution in [0.1, 0.15) is 61.1 Å².